The maximum Gasteiger partial charge on any atom is 0.142 e. The zero-order valence-corrected chi connectivity index (χ0v) is 11.6. The van der Waals surface area contributed by atoms with Gasteiger partial charge in [-0.1, -0.05) is 36.9 Å². The lowest BCUT2D eigenvalue weighted by atomic mass is 9.89. The van der Waals surface area contributed by atoms with Gasteiger partial charge in [0.25, 0.3) is 0 Å². The van der Waals surface area contributed by atoms with Gasteiger partial charge in [0.1, 0.15) is 5.82 Å². The molecular weight excluding hydrogens is 249 g/mol. The van der Waals surface area contributed by atoms with Crippen LogP contribution in [0.25, 0.3) is 0 Å². The minimum Gasteiger partial charge on any atom is -0.310 e. The van der Waals surface area contributed by atoms with Crippen molar-refractivity contribution >= 4 is 11.6 Å². The van der Waals surface area contributed by atoms with Gasteiger partial charge in [0.05, 0.1) is 5.02 Å². The van der Waals surface area contributed by atoms with E-state index < -0.39 is 0 Å². The molecule has 1 aromatic carbocycles. The van der Waals surface area contributed by atoms with Crippen molar-refractivity contribution < 1.29 is 4.39 Å². The smallest absolute Gasteiger partial charge is 0.142 e. The van der Waals surface area contributed by atoms with E-state index in [2.05, 4.69) is 12.2 Å². The van der Waals surface area contributed by atoms with Crippen molar-refractivity contribution in [2.24, 2.45) is 5.92 Å². The van der Waals surface area contributed by atoms with Crippen LogP contribution in [0.1, 0.15) is 50.6 Å². The van der Waals surface area contributed by atoms with Crippen LogP contribution in [0.4, 0.5) is 4.39 Å². The van der Waals surface area contributed by atoms with E-state index >= 15 is 0 Å². The molecule has 18 heavy (non-hydrogen) atoms. The van der Waals surface area contributed by atoms with Gasteiger partial charge in [-0.05, 0) is 49.9 Å². The topological polar surface area (TPSA) is 12.0 Å². The summed E-state index contributed by atoms with van der Waals surface area (Å²) < 4.78 is 13.4. The molecule has 1 aliphatic carbocycles. The lowest BCUT2D eigenvalue weighted by molar-refractivity contribution is 0.331. The van der Waals surface area contributed by atoms with E-state index in [0.717, 1.165) is 18.0 Å². The van der Waals surface area contributed by atoms with Crippen LogP contribution in [0, 0.1) is 11.7 Å². The summed E-state index contributed by atoms with van der Waals surface area (Å²) in [6.07, 6.45) is 6.75. The summed E-state index contributed by atoms with van der Waals surface area (Å²) in [6.45, 7) is 3.11. The summed E-state index contributed by atoms with van der Waals surface area (Å²) in [7, 11) is 0. The summed E-state index contributed by atoms with van der Waals surface area (Å²) in [6, 6.07) is 5.23. The highest BCUT2D eigenvalue weighted by atomic mass is 35.5. The molecule has 3 heteroatoms. The molecule has 1 saturated carbocycles. The molecule has 1 atom stereocenters. The van der Waals surface area contributed by atoms with Crippen molar-refractivity contribution in [2.45, 2.75) is 45.1 Å². The van der Waals surface area contributed by atoms with Gasteiger partial charge in [0, 0.05) is 6.04 Å². The highest BCUT2D eigenvalue weighted by Gasteiger charge is 2.15. The Morgan fingerprint density at radius 3 is 2.72 bits per heavy atom. The van der Waals surface area contributed by atoms with Crippen molar-refractivity contribution in [1.29, 1.82) is 0 Å². The fraction of sp³-hybridized carbons (Fsp3) is 0.600. The Kier molecular flexibility index (Phi) is 5.02. The van der Waals surface area contributed by atoms with Crippen molar-refractivity contribution in [3.63, 3.8) is 0 Å². The fourth-order valence-corrected chi connectivity index (χ4v) is 2.75. The van der Waals surface area contributed by atoms with Crippen LogP contribution in [0.5, 0.6) is 0 Å². The third kappa shape index (κ3) is 3.69. The predicted octanol–water partition coefficient (Wildman–Crippen LogP) is 4.71. The fourth-order valence-electron chi connectivity index (χ4n) is 2.63. The zero-order valence-electron chi connectivity index (χ0n) is 10.9. The zero-order chi connectivity index (χ0) is 13.0. The number of hydrogen-bond donors (Lipinski definition) is 1. The van der Waals surface area contributed by atoms with Crippen LogP contribution in [-0.2, 0) is 0 Å². The summed E-state index contributed by atoms with van der Waals surface area (Å²) >= 11 is 5.69. The Hall–Kier alpha value is -0.600. The predicted molar refractivity (Wildman–Crippen MR) is 74.4 cm³/mol. The van der Waals surface area contributed by atoms with Gasteiger partial charge in [-0.15, -0.1) is 0 Å². The average molecular weight is 270 g/mol. The molecule has 0 radical (unpaired) electrons. The van der Waals surface area contributed by atoms with E-state index in [4.69, 9.17) is 11.6 Å². The van der Waals surface area contributed by atoms with Crippen LogP contribution in [0.2, 0.25) is 5.02 Å². The Balaban J connectivity index is 1.86. The lowest BCUT2D eigenvalue weighted by Crippen LogP contribution is -2.27. The van der Waals surface area contributed by atoms with Crippen LogP contribution in [0.15, 0.2) is 18.2 Å². The Morgan fingerprint density at radius 2 is 2.06 bits per heavy atom. The number of benzene rings is 1. The number of nitrogens with one attached hydrogen (secondary N) is 1. The molecular formula is C15H21ClFN. The molecule has 0 aromatic heterocycles. The first-order chi connectivity index (χ1) is 8.66. The molecule has 0 saturated heterocycles. The number of rotatable bonds is 4. The van der Waals surface area contributed by atoms with Crippen LogP contribution in [0.3, 0.4) is 0 Å². The summed E-state index contributed by atoms with van der Waals surface area (Å²) in [5.74, 6) is 0.457. The third-order valence-corrected chi connectivity index (χ3v) is 4.19. The molecule has 1 aliphatic rings. The van der Waals surface area contributed by atoms with Gasteiger partial charge in [0.15, 0.2) is 0 Å². The first-order valence-electron chi connectivity index (χ1n) is 6.85. The molecule has 2 rings (SSSR count). The Morgan fingerprint density at radius 1 is 1.33 bits per heavy atom. The van der Waals surface area contributed by atoms with Crippen molar-refractivity contribution in [2.75, 3.05) is 6.54 Å². The Labute approximate surface area is 114 Å². The minimum atomic E-state index is -0.333. The van der Waals surface area contributed by atoms with Crippen molar-refractivity contribution in [3.8, 4) is 0 Å². The molecule has 1 fully saturated rings. The summed E-state index contributed by atoms with van der Waals surface area (Å²) in [4.78, 5) is 0. The van der Waals surface area contributed by atoms with Gasteiger partial charge >= 0.3 is 0 Å². The second-order valence-corrected chi connectivity index (χ2v) is 5.71. The summed E-state index contributed by atoms with van der Waals surface area (Å²) in [5.41, 5.74) is 0.965. The largest absolute Gasteiger partial charge is 0.310 e. The maximum absolute atomic E-state index is 13.4. The van der Waals surface area contributed by atoms with Crippen LogP contribution >= 0.6 is 11.6 Å². The molecule has 1 N–H and O–H groups in total. The number of hydrogen-bond acceptors (Lipinski definition) is 1. The molecule has 1 nitrogen and oxygen atoms in total. The van der Waals surface area contributed by atoms with E-state index in [-0.39, 0.29) is 16.9 Å². The monoisotopic (exact) mass is 269 g/mol. The van der Waals surface area contributed by atoms with Gasteiger partial charge in [-0.2, -0.15) is 0 Å². The first-order valence-corrected chi connectivity index (χ1v) is 7.23. The molecule has 0 spiro atoms. The molecule has 0 amide bonds. The highest BCUT2D eigenvalue weighted by Crippen LogP contribution is 2.24. The normalized spacial score (nSPS) is 18.8. The van der Waals surface area contributed by atoms with Crippen LogP contribution < -0.4 is 5.32 Å². The van der Waals surface area contributed by atoms with Crippen LogP contribution in [-0.4, -0.2) is 6.54 Å². The molecule has 100 valence electrons. The molecule has 0 aliphatic heterocycles. The number of halogens is 2. The molecule has 0 heterocycles. The van der Waals surface area contributed by atoms with E-state index in [1.807, 2.05) is 6.07 Å². The first kappa shape index (κ1) is 13.8. The van der Waals surface area contributed by atoms with E-state index in [0.29, 0.717) is 0 Å². The van der Waals surface area contributed by atoms with Gasteiger partial charge in [-0.25, -0.2) is 4.39 Å². The van der Waals surface area contributed by atoms with E-state index in [1.54, 1.807) is 6.07 Å². The Bertz CT molecular complexity index is 388. The van der Waals surface area contributed by atoms with Gasteiger partial charge < -0.3 is 5.32 Å². The lowest BCUT2D eigenvalue weighted by Gasteiger charge is -2.24. The maximum atomic E-state index is 13.4. The molecule has 1 unspecified atom stereocenters. The second kappa shape index (κ2) is 6.53. The third-order valence-electron chi connectivity index (χ3n) is 3.88. The average Bonchev–Trinajstić information content (AvgIpc) is 2.40. The minimum absolute atomic E-state index is 0.179. The highest BCUT2D eigenvalue weighted by molar-refractivity contribution is 6.30. The second-order valence-electron chi connectivity index (χ2n) is 5.31. The SMILES string of the molecule is CC(NCC1CCCCC1)c1ccc(Cl)c(F)c1. The molecule has 1 aromatic rings. The quantitative estimate of drug-likeness (QED) is 0.835. The van der Waals surface area contributed by atoms with Crippen molar-refractivity contribution in [3.05, 3.63) is 34.6 Å². The van der Waals surface area contributed by atoms with Gasteiger partial charge in [-0.3, -0.25) is 0 Å². The molecule has 0 bridgehead atoms. The van der Waals surface area contributed by atoms with Gasteiger partial charge in [0.2, 0.25) is 0 Å². The van der Waals surface area contributed by atoms with E-state index in [1.165, 1.54) is 38.2 Å². The standard InChI is InChI=1S/C15H21ClFN/c1-11(13-7-8-14(16)15(17)9-13)18-10-12-5-3-2-4-6-12/h7-9,11-12,18H,2-6,10H2,1H3. The summed E-state index contributed by atoms with van der Waals surface area (Å²) in [5, 5.41) is 3.70. The van der Waals surface area contributed by atoms with E-state index in [9.17, 15) is 4.39 Å². The van der Waals surface area contributed by atoms with Crippen molar-refractivity contribution in [1.82, 2.24) is 5.32 Å².